The lowest BCUT2D eigenvalue weighted by molar-refractivity contribution is -0.113. The van der Waals surface area contributed by atoms with Gasteiger partial charge in [-0.3, -0.25) is 19.1 Å². The van der Waals surface area contributed by atoms with Crippen LogP contribution in [0.15, 0.2) is 69.3 Å². The minimum atomic E-state index is -0.623. The van der Waals surface area contributed by atoms with Crippen molar-refractivity contribution in [1.29, 1.82) is 0 Å². The number of carbonyl (C=O) groups excluding carboxylic acids is 1. The normalized spacial score (nSPS) is 10.8. The van der Waals surface area contributed by atoms with Crippen LogP contribution < -0.4 is 16.6 Å². The number of H-pyrrole nitrogens is 2. The molecule has 0 saturated heterocycles. The number of anilines is 1. The van der Waals surface area contributed by atoms with Crippen molar-refractivity contribution in [3.05, 3.63) is 97.8 Å². The van der Waals surface area contributed by atoms with Gasteiger partial charge < -0.3 is 10.3 Å². The second-order valence-corrected chi connectivity index (χ2v) is 8.22. The van der Waals surface area contributed by atoms with Gasteiger partial charge in [0.2, 0.25) is 5.91 Å². The number of amides is 1. The zero-order valence-electron chi connectivity index (χ0n) is 16.8. The minimum absolute atomic E-state index is 0.0188. The van der Waals surface area contributed by atoms with Gasteiger partial charge in [0.15, 0.2) is 5.16 Å². The van der Waals surface area contributed by atoms with Crippen molar-refractivity contribution >= 4 is 35.0 Å². The number of hydrogen-bond acceptors (Lipinski definition) is 6. The molecule has 3 N–H and O–H groups in total. The Bertz CT molecular complexity index is 1370. The van der Waals surface area contributed by atoms with Gasteiger partial charge in [0, 0.05) is 34.6 Å². The summed E-state index contributed by atoms with van der Waals surface area (Å²) in [5.41, 5.74) is 0.366. The Kier molecular flexibility index (Phi) is 6.71. The number of rotatable bonds is 7. The molecule has 0 spiro atoms. The summed E-state index contributed by atoms with van der Waals surface area (Å²) < 4.78 is 14.8. The lowest BCUT2D eigenvalue weighted by atomic mass is 10.2. The molecule has 4 aromatic rings. The maximum Gasteiger partial charge on any atom is 0.325 e. The quantitative estimate of drug-likeness (QED) is 0.345. The molecule has 1 amide bonds. The number of halogens is 2. The highest BCUT2D eigenvalue weighted by Gasteiger charge is 2.17. The first kappa shape index (κ1) is 22.5. The van der Waals surface area contributed by atoms with Crippen LogP contribution in [0.5, 0.6) is 0 Å². The third-order valence-corrected chi connectivity index (χ3v) is 5.59. The number of nitrogens with zero attached hydrogens (tertiary/aromatic N) is 3. The van der Waals surface area contributed by atoms with Crippen LogP contribution in [0.3, 0.4) is 0 Å². The predicted molar refractivity (Wildman–Crippen MR) is 123 cm³/mol. The van der Waals surface area contributed by atoms with Gasteiger partial charge in [-0.05, 0) is 48.5 Å². The third-order valence-electron chi connectivity index (χ3n) is 4.41. The van der Waals surface area contributed by atoms with Gasteiger partial charge in [-0.2, -0.15) is 0 Å². The number of carbonyl (C=O) groups is 1. The van der Waals surface area contributed by atoms with Crippen LogP contribution in [0, 0.1) is 5.82 Å². The van der Waals surface area contributed by atoms with Gasteiger partial charge in [-0.15, -0.1) is 10.2 Å². The molecule has 0 unspecified atom stereocenters. The predicted octanol–water partition coefficient (Wildman–Crippen LogP) is 2.76. The number of aromatic nitrogens is 5. The van der Waals surface area contributed by atoms with Crippen molar-refractivity contribution in [1.82, 2.24) is 24.7 Å². The van der Waals surface area contributed by atoms with Gasteiger partial charge in [0.25, 0.3) is 5.56 Å². The molecule has 2 aromatic carbocycles. The average Bonchev–Trinajstić information content (AvgIpc) is 3.16. The van der Waals surface area contributed by atoms with Gasteiger partial charge in [-0.1, -0.05) is 23.4 Å². The smallest absolute Gasteiger partial charge is 0.325 e. The Balaban J connectivity index is 1.58. The maximum atomic E-state index is 13.0. The molecule has 2 aromatic heterocycles. The van der Waals surface area contributed by atoms with Crippen molar-refractivity contribution in [3.8, 4) is 5.69 Å². The molecule has 0 aliphatic carbocycles. The van der Waals surface area contributed by atoms with E-state index in [0.717, 1.165) is 11.8 Å². The first-order valence-electron chi connectivity index (χ1n) is 9.58. The maximum absolute atomic E-state index is 13.0. The van der Waals surface area contributed by atoms with E-state index in [0.29, 0.717) is 33.1 Å². The molecule has 168 valence electrons. The average molecular weight is 487 g/mol. The van der Waals surface area contributed by atoms with Gasteiger partial charge in [-0.25, -0.2) is 9.18 Å². The molecule has 4 rings (SSSR count). The van der Waals surface area contributed by atoms with Crippen LogP contribution in [-0.4, -0.2) is 36.4 Å². The van der Waals surface area contributed by atoms with Gasteiger partial charge >= 0.3 is 5.69 Å². The summed E-state index contributed by atoms with van der Waals surface area (Å²) in [5.74, 6) is -0.240. The minimum Gasteiger partial charge on any atom is -0.325 e. The van der Waals surface area contributed by atoms with Gasteiger partial charge in [0.1, 0.15) is 11.6 Å². The second-order valence-electron chi connectivity index (χ2n) is 6.84. The number of aromatic amines is 2. The van der Waals surface area contributed by atoms with Crippen LogP contribution in [0.2, 0.25) is 5.02 Å². The Labute approximate surface area is 195 Å². The molecule has 9 nitrogen and oxygen atoms in total. The van der Waals surface area contributed by atoms with E-state index in [1.165, 1.54) is 30.3 Å². The van der Waals surface area contributed by atoms with E-state index in [1.807, 2.05) is 0 Å². The topological polar surface area (TPSA) is 126 Å². The fourth-order valence-corrected chi connectivity index (χ4v) is 3.90. The number of benzene rings is 2. The summed E-state index contributed by atoms with van der Waals surface area (Å²) in [4.78, 5) is 40.3. The van der Waals surface area contributed by atoms with Crippen LogP contribution in [0.1, 0.15) is 11.5 Å². The van der Waals surface area contributed by atoms with Crippen molar-refractivity contribution in [2.24, 2.45) is 0 Å². The van der Waals surface area contributed by atoms with E-state index >= 15 is 0 Å². The van der Waals surface area contributed by atoms with Gasteiger partial charge in [0.05, 0.1) is 5.75 Å². The number of thioether (sulfide) groups is 1. The Hall–Kier alpha value is -3.70. The molecule has 0 bridgehead atoms. The number of nitrogens with one attached hydrogen (secondary N) is 3. The molecule has 0 aliphatic heterocycles. The molecule has 0 saturated carbocycles. The molecule has 0 radical (unpaired) electrons. The second kappa shape index (κ2) is 9.84. The van der Waals surface area contributed by atoms with Crippen LogP contribution >= 0.6 is 23.4 Å². The standard InChI is InChI=1S/C21H16ClFN6O3S/c22-12-1-7-16(8-2-12)29-17(9-15-10-18(30)26-20(32)25-15)27-28-21(29)33-11-19(31)24-14-5-3-13(23)4-6-14/h1-8,10H,9,11H2,(H,24,31)(H2,25,26,30,32). The lowest BCUT2D eigenvalue weighted by Gasteiger charge is -2.11. The summed E-state index contributed by atoms with van der Waals surface area (Å²) in [6.45, 7) is 0. The summed E-state index contributed by atoms with van der Waals surface area (Å²) in [6, 6.07) is 13.6. The van der Waals surface area contributed by atoms with E-state index in [-0.39, 0.29) is 18.1 Å². The lowest BCUT2D eigenvalue weighted by Crippen LogP contribution is -2.23. The first-order chi connectivity index (χ1) is 15.9. The summed E-state index contributed by atoms with van der Waals surface area (Å²) in [7, 11) is 0. The fraction of sp³-hybridized carbons (Fsp3) is 0.0952. The molecule has 2 heterocycles. The molecule has 0 aliphatic rings. The zero-order valence-corrected chi connectivity index (χ0v) is 18.4. The van der Waals surface area contributed by atoms with E-state index in [2.05, 4.69) is 25.5 Å². The summed E-state index contributed by atoms with van der Waals surface area (Å²) in [5, 5.41) is 12.0. The van der Waals surface area contributed by atoms with E-state index in [9.17, 15) is 18.8 Å². The Morgan fingerprint density at radius 1 is 1.06 bits per heavy atom. The molecule has 0 fully saturated rings. The van der Waals surface area contributed by atoms with Crippen LogP contribution in [-0.2, 0) is 11.2 Å². The van der Waals surface area contributed by atoms with Crippen LogP contribution in [0.25, 0.3) is 5.69 Å². The highest BCUT2D eigenvalue weighted by atomic mass is 35.5. The Morgan fingerprint density at radius 2 is 1.79 bits per heavy atom. The van der Waals surface area contributed by atoms with E-state index < -0.39 is 17.1 Å². The third kappa shape index (κ3) is 5.76. The molecule has 33 heavy (non-hydrogen) atoms. The monoisotopic (exact) mass is 486 g/mol. The molecule has 12 heteroatoms. The summed E-state index contributed by atoms with van der Waals surface area (Å²) >= 11 is 7.15. The SMILES string of the molecule is O=C(CSc1nnc(Cc2cc(=O)[nH]c(=O)[nH]2)n1-c1ccc(Cl)cc1)Nc1ccc(F)cc1. The molecular weight excluding hydrogens is 471 g/mol. The van der Waals surface area contributed by atoms with Crippen molar-refractivity contribution < 1.29 is 9.18 Å². The van der Waals surface area contributed by atoms with E-state index in [1.54, 1.807) is 28.8 Å². The molecular formula is C21H16ClFN6O3S. The highest BCUT2D eigenvalue weighted by molar-refractivity contribution is 7.99. The molecule has 0 atom stereocenters. The largest absolute Gasteiger partial charge is 0.325 e. The van der Waals surface area contributed by atoms with Crippen LogP contribution in [0.4, 0.5) is 10.1 Å². The van der Waals surface area contributed by atoms with Crippen molar-refractivity contribution in [2.75, 3.05) is 11.1 Å². The first-order valence-corrected chi connectivity index (χ1v) is 10.9. The van der Waals surface area contributed by atoms with Crippen molar-refractivity contribution in [2.45, 2.75) is 11.6 Å². The van der Waals surface area contributed by atoms with E-state index in [4.69, 9.17) is 11.6 Å². The highest BCUT2D eigenvalue weighted by Crippen LogP contribution is 2.24. The van der Waals surface area contributed by atoms with Crippen molar-refractivity contribution in [3.63, 3.8) is 0 Å². The fourth-order valence-electron chi connectivity index (χ4n) is 3.00. The number of hydrogen-bond donors (Lipinski definition) is 3. The Morgan fingerprint density at radius 3 is 2.48 bits per heavy atom. The zero-order chi connectivity index (χ0) is 23.4. The summed E-state index contributed by atoms with van der Waals surface area (Å²) in [6.07, 6.45) is 0.122.